The molecule has 0 unspecified atom stereocenters. The number of hydrogen-bond acceptors (Lipinski definition) is 4. The Labute approximate surface area is 159 Å². The van der Waals surface area contributed by atoms with Crippen LogP contribution < -0.4 is 5.32 Å². The molecule has 5 nitrogen and oxygen atoms in total. The molecule has 140 valence electrons. The number of hydrogen-bond donors (Lipinski definition) is 1. The van der Waals surface area contributed by atoms with Crippen LogP contribution in [0.5, 0.6) is 0 Å². The maximum absolute atomic E-state index is 12.9. The van der Waals surface area contributed by atoms with Crippen molar-refractivity contribution in [2.24, 2.45) is 5.41 Å². The maximum Gasteiger partial charge on any atom is 0.318 e. The second-order valence-electron chi connectivity index (χ2n) is 7.15. The lowest BCUT2D eigenvalue weighted by molar-refractivity contribution is 0.0189. The first-order valence-corrected chi connectivity index (χ1v) is 9.94. The molecule has 1 aromatic heterocycles. The topological polar surface area (TPSA) is 54.5 Å². The Bertz CT molecular complexity index is 713. The van der Waals surface area contributed by atoms with E-state index >= 15 is 0 Å². The Morgan fingerprint density at radius 3 is 2.65 bits per heavy atom. The van der Waals surface area contributed by atoms with Gasteiger partial charge in [0.15, 0.2) is 0 Å². The summed E-state index contributed by atoms with van der Waals surface area (Å²) in [6.45, 7) is 4.54. The normalized spacial score (nSPS) is 15.3. The Balaban J connectivity index is 1.67. The van der Waals surface area contributed by atoms with Gasteiger partial charge in [-0.15, -0.1) is 11.3 Å². The summed E-state index contributed by atoms with van der Waals surface area (Å²) in [7, 11) is 1.73. The highest BCUT2D eigenvalue weighted by atomic mass is 32.1. The molecule has 0 saturated heterocycles. The van der Waals surface area contributed by atoms with Crippen LogP contribution in [0.3, 0.4) is 0 Å². The monoisotopic (exact) mass is 373 g/mol. The third-order valence-electron chi connectivity index (χ3n) is 5.16. The van der Waals surface area contributed by atoms with Crippen molar-refractivity contribution in [2.45, 2.75) is 39.3 Å². The van der Waals surface area contributed by atoms with Crippen molar-refractivity contribution in [3.63, 3.8) is 0 Å². The van der Waals surface area contributed by atoms with Crippen LogP contribution in [0.25, 0.3) is 0 Å². The van der Waals surface area contributed by atoms with E-state index < -0.39 is 0 Å². The van der Waals surface area contributed by atoms with E-state index in [9.17, 15) is 4.79 Å². The van der Waals surface area contributed by atoms with Gasteiger partial charge in [-0.05, 0) is 25.3 Å². The standard InChI is InChI=1S/C20H27N3O2S/c1-16-18(26-15-22-16)12-23(11-17-7-4-3-5-8-17)19(24)21-13-20(14-25-2)9-6-10-20/h3-5,7-8,15H,6,9-14H2,1-2H3,(H,21,24). The van der Waals surface area contributed by atoms with Gasteiger partial charge in [0.25, 0.3) is 0 Å². The third-order valence-corrected chi connectivity index (χ3v) is 6.08. The van der Waals surface area contributed by atoms with E-state index in [-0.39, 0.29) is 11.4 Å². The number of ether oxygens (including phenoxy) is 1. The van der Waals surface area contributed by atoms with Crippen molar-refractivity contribution in [2.75, 3.05) is 20.3 Å². The molecule has 3 rings (SSSR count). The Hall–Kier alpha value is -1.92. The lowest BCUT2D eigenvalue weighted by Gasteiger charge is -2.41. The van der Waals surface area contributed by atoms with Gasteiger partial charge in [0, 0.05) is 30.5 Å². The molecule has 1 heterocycles. The summed E-state index contributed by atoms with van der Waals surface area (Å²) in [5.41, 5.74) is 4.07. The summed E-state index contributed by atoms with van der Waals surface area (Å²) in [6, 6.07) is 10.1. The van der Waals surface area contributed by atoms with Crippen molar-refractivity contribution in [3.05, 3.63) is 52.0 Å². The molecule has 1 N–H and O–H groups in total. The Morgan fingerprint density at radius 1 is 1.31 bits per heavy atom. The Kier molecular flexibility index (Phi) is 6.27. The maximum atomic E-state index is 12.9. The van der Waals surface area contributed by atoms with Crippen LogP contribution in [-0.2, 0) is 17.8 Å². The molecule has 1 saturated carbocycles. The average Bonchev–Trinajstić information content (AvgIpc) is 3.02. The fourth-order valence-electron chi connectivity index (χ4n) is 3.38. The molecule has 0 aliphatic heterocycles. The number of carbonyl (C=O) groups excluding carboxylic acids is 1. The second kappa shape index (κ2) is 8.64. The fraction of sp³-hybridized carbons (Fsp3) is 0.500. The highest BCUT2D eigenvalue weighted by molar-refractivity contribution is 7.09. The van der Waals surface area contributed by atoms with Crippen LogP contribution >= 0.6 is 11.3 Å². The van der Waals surface area contributed by atoms with Crippen molar-refractivity contribution >= 4 is 17.4 Å². The summed E-state index contributed by atoms with van der Waals surface area (Å²) in [5.74, 6) is 0. The molecule has 1 aliphatic carbocycles. The van der Waals surface area contributed by atoms with E-state index in [1.807, 2.05) is 35.5 Å². The number of urea groups is 1. The van der Waals surface area contributed by atoms with Crippen molar-refractivity contribution in [3.8, 4) is 0 Å². The van der Waals surface area contributed by atoms with Gasteiger partial charge in [-0.3, -0.25) is 0 Å². The molecule has 6 heteroatoms. The first-order chi connectivity index (χ1) is 12.6. The van der Waals surface area contributed by atoms with Crippen molar-refractivity contribution in [1.29, 1.82) is 0 Å². The van der Waals surface area contributed by atoms with E-state index in [1.165, 1.54) is 6.42 Å². The summed E-state index contributed by atoms with van der Waals surface area (Å²) in [5, 5.41) is 3.15. The van der Waals surface area contributed by atoms with Crippen molar-refractivity contribution < 1.29 is 9.53 Å². The van der Waals surface area contributed by atoms with Gasteiger partial charge in [0.1, 0.15) is 0 Å². The Morgan fingerprint density at radius 2 is 2.08 bits per heavy atom. The zero-order valence-corrected chi connectivity index (χ0v) is 16.3. The first-order valence-electron chi connectivity index (χ1n) is 9.06. The summed E-state index contributed by atoms with van der Waals surface area (Å²) in [4.78, 5) is 20.2. The summed E-state index contributed by atoms with van der Waals surface area (Å²) < 4.78 is 5.37. The molecule has 0 atom stereocenters. The van der Waals surface area contributed by atoms with Crippen LogP contribution in [0.1, 0.15) is 35.4 Å². The molecule has 0 radical (unpaired) electrons. The molecule has 26 heavy (non-hydrogen) atoms. The number of nitrogens with one attached hydrogen (secondary N) is 1. The number of benzene rings is 1. The minimum absolute atomic E-state index is 0.0240. The van der Waals surface area contributed by atoms with Gasteiger partial charge >= 0.3 is 6.03 Å². The lowest BCUT2D eigenvalue weighted by atomic mass is 9.69. The first kappa shape index (κ1) is 18.9. The van der Waals surface area contributed by atoms with Gasteiger partial charge in [-0.25, -0.2) is 9.78 Å². The van der Waals surface area contributed by atoms with Gasteiger partial charge in [-0.2, -0.15) is 0 Å². The molecular formula is C20H27N3O2S. The quantitative estimate of drug-likeness (QED) is 0.761. The molecule has 2 aromatic rings. The van der Waals surface area contributed by atoms with Gasteiger partial charge < -0.3 is 15.0 Å². The minimum atomic E-state index is -0.0240. The number of aromatic nitrogens is 1. The van der Waals surface area contributed by atoms with E-state index in [4.69, 9.17) is 4.74 Å². The fourth-order valence-corrected chi connectivity index (χ4v) is 4.18. The zero-order valence-electron chi connectivity index (χ0n) is 15.5. The van der Waals surface area contributed by atoms with Gasteiger partial charge in [0.2, 0.25) is 0 Å². The van der Waals surface area contributed by atoms with E-state index in [0.29, 0.717) is 26.2 Å². The molecule has 0 spiro atoms. The number of methoxy groups -OCH3 is 1. The summed E-state index contributed by atoms with van der Waals surface area (Å²) in [6.07, 6.45) is 3.45. The second-order valence-corrected chi connectivity index (χ2v) is 8.09. The minimum Gasteiger partial charge on any atom is -0.384 e. The van der Waals surface area contributed by atoms with Crippen LogP contribution in [-0.4, -0.2) is 36.2 Å². The molecule has 2 amide bonds. The van der Waals surface area contributed by atoms with Gasteiger partial charge in [0.05, 0.1) is 24.4 Å². The number of amides is 2. The van der Waals surface area contributed by atoms with Crippen LogP contribution in [0.4, 0.5) is 4.79 Å². The SMILES string of the molecule is COCC1(CNC(=O)N(Cc2ccccc2)Cc2scnc2C)CCC1. The van der Waals surface area contributed by atoms with Gasteiger partial charge in [-0.1, -0.05) is 36.8 Å². The molecule has 1 fully saturated rings. The van der Waals surface area contributed by atoms with E-state index in [2.05, 4.69) is 22.4 Å². The molecule has 1 aromatic carbocycles. The van der Waals surface area contributed by atoms with Crippen LogP contribution in [0.15, 0.2) is 35.8 Å². The number of nitrogens with zero attached hydrogens (tertiary/aromatic N) is 2. The van der Waals surface area contributed by atoms with Crippen LogP contribution in [0, 0.1) is 12.3 Å². The number of aryl methyl sites for hydroxylation is 1. The predicted octanol–water partition coefficient (Wildman–Crippen LogP) is 3.98. The third kappa shape index (κ3) is 4.62. The predicted molar refractivity (Wildman–Crippen MR) is 104 cm³/mol. The highest BCUT2D eigenvalue weighted by Crippen LogP contribution is 2.40. The number of thiazole rings is 1. The molecule has 1 aliphatic rings. The molecular weight excluding hydrogens is 346 g/mol. The molecule has 0 bridgehead atoms. The number of carbonyl (C=O) groups is 1. The highest BCUT2D eigenvalue weighted by Gasteiger charge is 2.37. The average molecular weight is 374 g/mol. The zero-order chi connectivity index (χ0) is 18.4. The lowest BCUT2D eigenvalue weighted by Crippen LogP contribution is -2.48. The number of rotatable bonds is 8. The smallest absolute Gasteiger partial charge is 0.318 e. The van der Waals surface area contributed by atoms with Crippen LogP contribution in [0.2, 0.25) is 0 Å². The van der Waals surface area contributed by atoms with E-state index in [1.54, 1.807) is 18.4 Å². The largest absolute Gasteiger partial charge is 0.384 e. The van der Waals surface area contributed by atoms with E-state index in [0.717, 1.165) is 29.0 Å². The summed E-state index contributed by atoms with van der Waals surface area (Å²) >= 11 is 1.60. The van der Waals surface area contributed by atoms with Crippen molar-refractivity contribution in [1.82, 2.24) is 15.2 Å².